The van der Waals surface area contributed by atoms with E-state index in [-0.39, 0.29) is 5.60 Å². The summed E-state index contributed by atoms with van der Waals surface area (Å²) in [5.41, 5.74) is 0.968. The van der Waals surface area contributed by atoms with Crippen molar-refractivity contribution in [1.82, 2.24) is 5.32 Å². The Bertz CT molecular complexity index is 263. The topological polar surface area (TPSA) is 21.3 Å². The molecule has 2 heteroatoms. The zero-order chi connectivity index (χ0) is 12.5. The molecule has 2 nitrogen and oxygen atoms in total. The molecule has 1 spiro atoms. The molecule has 0 amide bonds. The molecule has 0 saturated heterocycles. The number of ether oxygens (including phenoxy) is 1. The lowest BCUT2D eigenvalue weighted by Crippen LogP contribution is -2.51. The van der Waals surface area contributed by atoms with Crippen LogP contribution in [0.4, 0.5) is 0 Å². The van der Waals surface area contributed by atoms with E-state index in [4.69, 9.17) is 4.74 Å². The summed E-state index contributed by atoms with van der Waals surface area (Å²) in [7, 11) is 1.88. The Labute approximate surface area is 112 Å². The monoisotopic (exact) mass is 251 g/mol. The van der Waals surface area contributed by atoms with Gasteiger partial charge in [-0.2, -0.15) is 0 Å². The molecule has 3 fully saturated rings. The standard InChI is InChI=1S/C16H29NO/c1-18-16(9-4-10-16)13-17-14-5-11-15(12-6-14)7-2-3-8-15/h14,17H,2-13H2,1H3. The first-order valence-corrected chi connectivity index (χ1v) is 8.05. The number of hydrogen-bond acceptors (Lipinski definition) is 2. The summed E-state index contributed by atoms with van der Waals surface area (Å²) >= 11 is 0. The molecule has 3 rings (SSSR count). The predicted octanol–water partition coefficient (Wildman–Crippen LogP) is 3.65. The fourth-order valence-corrected chi connectivity index (χ4v) is 4.41. The molecule has 3 aliphatic rings. The fraction of sp³-hybridized carbons (Fsp3) is 1.00. The van der Waals surface area contributed by atoms with Crippen LogP contribution in [0, 0.1) is 5.41 Å². The van der Waals surface area contributed by atoms with Crippen molar-refractivity contribution in [3.8, 4) is 0 Å². The largest absolute Gasteiger partial charge is 0.377 e. The van der Waals surface area contributed by atoms with Crippen molar-refractivity contribution in [2.75, 3.05) is 13.7 Å². The molecule has 104 valence electrons. The maximum atomic E-state index is 5.70. The molecule has 0 aromatic carbocycles. The van der Waals surface area contributed by atoms with Crippen LogP contribution in [0.5, 0.6) is 0 Å². The van der Waals surface area contributed by atoms with Crippen molar-refractivity contribution in [3.63, 3.8) is 0 Å². The van der Waals surface area contributed by atoms with E-state index >= 15 is 0 Å². The molecule has 3 aliphatic carbocycles. The van der Waals surface area contributed by atoms with Crippen molar-refractivity contribution >= 4 is 0 Å². The SMILES string of the molecule is COC1(CNC2CCC3(CCCC3)CC2)CCC1. The second-order valence-corrected chi connectivity index (χ2v) is 7.10. The minimum atomic E-state index is 0.197. The lowest BCUT2D eigenvalue weighted by Gasteiger charge is -2.43. The second-order valence-electron chi connectivity index (χ2n) is 7.10. The van der Waals surface area contributed by atoms with E-state index in [9.17, 15) is 0 Å². The minimum absolute atomic E-state index is 0.197. The van der Waals surface area contributed by atoms with Crippen LogP contribution in [0.2, 0.25) is 0 Å². The van der Waals surface area contributed by atoms with Crippen molar-refractivity contribution in [2.24, 2.45) is 5.41 Å². The fourth-order valence-electron chi connectivity index (χ4n) is 4.41. The molecule has 3 saturated carbocycles. The lowest BCUT2D eigenvalue weighted by molar-refractivity contribution is -0.0719. The number of methoxy groups -OCH3 is 1. The first kappa shape index (κ1) is 12.9. The summed E-state index contributed by atoms with van der Waals surface area (Å²) < 4.78 is 5.70. The van der Waals surface area contributed by atoms with Crippen molar-refractivity contribution in [3.05, 3.63) is 0 Å². The van der Waals surface area contributed by atoms with Crippen LogP contribution in [0.3, 0.4) is 0 Å². The molecule has 1 N–H and O–H groups in total. The van der Waals surface area contributed by atoms with Crippen LogP contribution in [0.25, 0.3) is 0 Å². The molecular formula is C16H29NO. The molecular weight excluding hydrogens is 222 g/mol. The summed E-state index contributed by atoms with van der Waals surface area (Å²) in [6, 6.07) is 0.767. The van der Waals surface area contributed by atoms with Crippen molar-refractivity contribution in [2.45, 2.75) is 82.3 Å². The average molecular weight is 251 g/mol. The minimum Gasteiger partial charge on any atom is -0.377 e. The lowest BCUT2D eigenvalue weighted by atomic mass is 9.71. The van der Waals surface area contributed by atoms with Crippen molar-refractivity contribution < 1.29 is 4.74 Å². The first-order valence-electron chi connectivity index (χ1n) is 8.05. The van der Waals surface area contributed by atoms with E-state index < -0.39 is 0 Å². The Balaban J connectivity index is 1.43. The highest BCUT2D eigenvalue weighted by atomic mass is 16.5. The van der Waals surface area contributed by atoms with Gasteiger partial charge in [-0.1, -0.05) is 12.8 Å². The summed E-state index contributed by atoms with van der Waals surface area (Å²) in [6.07, 6.45) is 15.6. The Morgan fingerprint density at radius 1 is 0.944 bits per heavy atom. The molecule has 0 heterocycles. The average Bonchev–Trinajstić information content (AvgIpc) is 2.80. The van der Waals surface area contributed by atoms with E-state index in [2.05, 4.69) is 5.32 Å². The predicted molar refractivity (Wildman–Crippen MR) is 74.8 cm³/mol. The van der Waals surface area contributed by atoms with Gasteiger partial charge in [0, 0.05) is 19.7 Å². The summed E-state index contributed by atoms with van der Waals surface area (Å²) in [5, 5.41) is 3.80. The van der Waals surface area contributed by atoms with Crippen LogP contribution >= 0.6 is 0 Å². The smallest absolute Gasteiger partial charge is 0.0802 e. The highest BCUT2D eigenvalue weighted by Gasteiger charge is 2.40. The summed E-state index contributed by atoms with van der Waals surface area (Å²) in [6.45, 7) is 1.08. The van der Waals surface area contributed by atoms with Gasteiger partial charge in [0.15, 0.2) is 0 Å². The molecule has 0 radical (unpaired) electrons. The number of rotatable bonds is 4. The molecule has 0 atom stereocenters. The van der Waals surface area contributed by atoms with Gasteiger partial charge < -0.3 is 10.1 Å². The zero-order valence-corrected chi connectivity index (χ0v) is 12.0. The van der Waals surface area contributed by atoms with Crippen LogP contribution < -0.4 is 5.32 Å². The van der Waals surface area contributed by atoms with Gasteiger partial charge in [-0.05, 0) is 63.2 Å². The van der Waals surface area contributed by atoms with Crippen LogP contribution in [0.15, 0.2) is 0 Å². The number of hydrogen-bond donors (Lipinski definition) is 1. The molecule has 18 heavy (non-hydrogen) atoms. The highest BCUT2D eigenvalue weighted by Crippen LogP contribution is 2.49. The third-order valence-corrected chi connectivity index (χ3v) is 6.12. The quantitative estimate of drug-likeness (QED) is 0.823. The molecule has 0 aliphatic heterocycles. The molecule has 0 aromatic heterocycles. The van der Waals surface area contributed by atoms with Gasteiger partial charge in [0.1, 0.15) is 0 Å². The maximum Gasteiger partial charge on any atom is 0.0802 e. The van der Waals surface area contributed by atoms with E-state index in [1.54, 1.807) is 0 Å². The molecule has 0 bridgehead atoms. The Morgan fingerprint density at radius 2 is 1.61 bits per heavy atom. The van der Waals surface area contributed by atoms with E-state index in [0.29, 0.717) is 0 Å². The Kier molecular flexibility index (Phi) is 3.68. The van der Waals surface area contributed by atoms with E-state index in [1.165, 1.54) is 70.6 Å². The summed E-state index contributed by atoms with van der Waals surface area (Å²) in [4.78, 5) is 0. The van der Waals surface area contributed by atoms with Crippen LogP contribution in [0.1, 0.15) is 70.6 Å². The van der Waals surface area contributed by atoms with Crippen LogP contribution in [-0.2, 0) is 4.74 Å². The zero-order valence-electron chi connectivity index (χ0n) is 12.0. The molecule has 0 aromatic rings. The van der Waals surface area contributed by atoms with Gasteiger partial charge in [-0.3, -0.25) is 0 Å². The number of nitrogens with one attached hydrogen (secondary N) is 1. The van der Waals surface area contributed by atoms with Gasteiger partial charge >= 0.3 is 0 Å². The first-order chi connectivity index (χ1) is 8.76. The van der Waals surface area contributed by atoms with E-state index in [1.807, 2.05) is 7.11 Å². The third kappa shape index (κ3) is 2.46. The Hall–Kier alpha value is -0.0800. The highest BCUT2D eigenvalue weighted by molar-refractivity contribution is 4.95. The maximum absolute atomic E-state index is 5.70. The third-order valence-electron chi connectivity index (χ3n) is 6.12. The van der Waals surface area contributed by atoms with Crippen molar-refractivity contribution in [1.29, 1.82) is 0 Å². The van der Waals surface area contributed by atoms with Gasteiger partial charge in [0.05, 0.1) is 5.60 Å². The van der Waals surface area contributed by atoms with Gasteiger partial charge in [0.2, 0.25) is 0 Å². The normalized spacial score (nSPS) is 30.5. The van der Waals surface area contributed by atoms with Crippen LogP contribution in [-0.4, -0.2) is 25.3 Å². The van der Waals surface area contributed by atoms with Gasteiger partial charge in [-0.15, -0.1) is 0 Å². The Morgan fingerprint density at radius 3 is 2.11 bits per heavy atom. The second kappa shape index (κ2) is 5.13. The van der Waals surface area contributed by atoms with Gasteiger partial charge in [0.25, 0.3) is 0 Å². The summed E-state index contributed by atoms with van der Waals surface area (Å²) in [5.74, 6) is 0. The van der Waals surface area contributed by atoms with E-state index in [0.717, 1.165) is 18.0 Å². The molecule has 0 unspecified atom stereocenters. The van der Waals surface area contributed by atoms with Gasteiger partial charge in [-0.25, -0.2) is 0 Å².